The summed E-state index contributed by atoms with van der Waals surface area (Å²) in [5.74, 6) is 0.853. The molecule has 2 rings (SSSR count). The molecule has 0 aromatic heterocycles. The van der Waals surface area contributed by atoms with E-state index in [2.05, 4.69) is 29.2 Å². The van der Waals surface area contributed by atoms with E-state index in [4.69, 9.17) is 17.0 Å². The zero-order chi connectivity index (χ0) is 15.2. The fourth-order valence-corrected chi connectivity index (χ4v) is 3.10. The van der Waals surface area contributed by atoms with Gasteiger partial charge in [-0.05, 0) is 58.2 Å². The largest absolute Gasteiger partial charge is 0.492 e. The lowest BCUT2D eigenvalue weighted by atomic mass is 10.2. The van der Waals surface area contributed by atoms with E-state index in [1.165, 1.54) is 12.8 Å². The highest BCUT2D eigenvalue weighted by Gasteiger charge is 2.27. The average molecular weight is 307 g/mol. The van der Waals surface area contributed by atoms with Crippen molar-refractivity contribution < 1.29 is 4.74 Å². The molecule has 1 fully saturated rings. The van der Waals surface area contributed by atoms with Gasteiger partial charge in [-0.15, -0.1) is 0 Å². The smallest absolute Gasteiger partial charge is 0.173 e. The first kappa shape index (κ1) is 16.0. The van der Waals surface area contributed by atoms with Crippen LogP contribution in [0.15, 0.2) is 24.3 Å². The van der Waals surface area contributed by atoms with Gasteiger partial charge in [-0.3, -0.25) is 0 Å². The molecule has 0 radical (unpaired) electrons. The lowest BCUT2D eigenvalue weighted by Gasteiger charge is -2.29. The molecule has 1 saturated heterocycles. The highest BCUT2D eigenvalue weighted by molar-refractivity contribution is 7.80. The minimum absolute atomic E-state index is 0.499. The standard InChI is InChI=1S/C16H25N3OS/c1-4-20-15-10-6-5-9-14(15)17-16(21)19-11-7-8-13(19)12-18(2)3/h5-6,9-10,13H,4,7-8,11-12H2,1-3H3,(H,17,21). The van der Waals surface area contributed by atoms with E-state index in [0.29, 0.717) is 12.6 Å². The zero-order valence-electron chi connectivity index (χ0n) is 13.1. The molecule has 21 heavy (non-hydrogen) atoms. The molecular weight excluding hydrogens is 282 g/mol. The van der Waals surface area contributed by atoms with Crippen LogP contribution in [0.2, 0.25) is 0 Å². The summed E-state index contributed by atoms with van der Waals surface area (Å²) in [6.07, 6.45) is 2.40. The van der Waals surface area contributed by atoms with E-state index in [1.54, 1.807) is 0 Å². The molecule has 0 bridgehead atoms. The van der Waals surface area contributed by atoms with Crippen LogP contribution >= 0.6 is 12.2 Å². The maximum Gasteiger partial charge on any atom is 0.173 e. The van der Waals surface area contributed by atoms with Gasteiger partial charge in [-0.2, -0.15) is 0 Å². The molecule has 5 heteroatoms. The number of likely N-dealkylation sites (tertiary alicyclic amines) is 1. The molecule has 0 spiro atoms. The van der Waals surface area contributed by atoms with Gasteiger partial charge in [0.1, 0.15) is 5.75 Å². The van der Waals surface area contributed by atoms with E-state index >= 15 is 0 Å². The first-order valence-electron chi connectivity index (χ1n) is 7.56. The summed E-state index contributed by atoms with van der Waals surface area (Å²) in [6, 6.07) is 8.45. The minimum atomic E-state index is 0.499. The zero-order valence-corrected chi connectivity index (χ0v) is 13.9. The van der Waals surface area contributed by atoms with Gasteiger partial charge in [0.2, 0.25) is 0 Å². The Morgan fingerprint density at radius 3 is 2.90 bits per heavy atom. The van der Waals surface area contributed by atoms with E-state index in [1.807, 2.05) is 31.2 Å². The van der Waals surface area contributed by atoms with Crippen LogP contribution in [0.25, 0.3) is 0 Å². The van der Waals surface area contributed by atoms with Crippen molar-refractivity contribution >= 4 is 23.0 Å². The van der Waals surface area contributed by atoms with E-state index in [0.717, 1.165) is 29.6 Å². The van der Waals surface area contributed by atoms with Crippen molar-refractivity contribution in [1.82, 2.24) is 9.80 Å². The lowest BCUT2D eigenvalue weighted by molar-refractivity contribution is 0.288. The molecule has 1 unspecified atom stereocenters. The van der Waals surface area contributed by atoms with Crippen LogP contribution in [0.3, 0.4) is 0 Å². The van der Waals surface area contributed by atoms with Crippen molar-refractivity contribution in [2.24, 2.45) is 0 Å². The second-order valence-corrected chi connectivity index (χ2v) is 6.00. The first-order valence-corrected chi connectivity index (χ1v) is 7.96. The number of anilines is 1. The number of hydrogen-bond acceptors (Lipinski definition) is 3. The van der Waals surface area contributed by atoms with Crippen LogP contribution < -0.4 is 10.1 Å². The molecule has 1 N–H and O–H groups in total. The number of likely N-dealkylation sites (N-methyl/N-ethyl adjacent to an activating group) is 1. The topological polar surface area (TPSA) is 27.7 Å². The van der Waals surface area contributed by atoms with Gasteiger partial charge in [0.05, 0.1) is 12.3 Å². The quantitative estimate of drug-likeness (QED) is 0.845. The Kier molecular flexibility index (Phi) is 5.82. The van der Waals surface area contributed by atoms with Crippen LogP contribution in [-0.4, -0.2) is 54.7 Å². The van der Waals surface area contributed by atoms with E-state index < -0.39 is 0 Å². The second kappa shape index (κ2) is 7.61. The molecule has 0 amide bonds. The monoisotopic (exact) mass is 307 g/mol. The van der Waals surface area contributed by atoms with Crippen LogP contribution in [0.1, 0.15) is 19.8 Å². The molecule has 116 valence electrons. The number of para-hydroxylation sites is 2. The Morgan fingerprint density at radius 2 is 2.19 bits per heavy atom. The third-order valence-electron chi connectivity index (χ3n) is 3.64. The fraction of sp³-hybridized carbons (Fsp3) is 0.562. The molecule has 1 atom stereocenters. The predicted octanol–water partition coefficient (Wildman–Crippen LogP) is 2.81. The summed E-state index contributed by atoms with van der Waals surface area (Å²) in [6.45, 7) is 4.71. The molecule has 1 aromatic carbocycles. The Labute approximate surface area is 133 Å². The number of nitrogens with one attached hydrogen (secondary N) is 1. The fourth-order valence-electron chi connectivity index (χ4n) is 2.75. The summed E-state index contributed by atoms with van der Waals surface area (Å²) in [4.78, 5) is 4.53. The summed E-state index contributed by atoms with van der Waals surface area (Å²) < 4.78 is 5.64. The Balaban J connectivity index is 2.04. The van der Waals surface area contributed by atoms with Gasteiger partial charge in [-0.25, -0.2) is 0 Å². The van der Waals surface area contributed by atoms with Crippen LogP contribution in [-0.2, 0) is 0 Å². The van der Waals surface area contributed by atoms with Crippen molar-refractivity contribution in [2.75, 3.05) is 39.1 Å². The summed E-state index contributed by atoms with van der Waals surface area (Å²) >= 11 is 5.61. The molecule has 0 aliphatic carbocycles. The molecular formula is C16H25N3OS. The molecule has 1 aromatic rings. The van der Waals surface area contributed by atoms with Crippen molar-refractivity contribution in [3.05, 3.63) is 24.3 Å². The normalized spacial score (nSPS) is 18.1. The number of ether oxygens (including phenoxy) is 1. The van der Waals surface area contributed by atoms with Gasteiger partial charge in [0, 0.05) is 19.1 Å². The predicted molar refractivity (Wildman–Crippen MR) is 92.1 cm³/mol. The molecule has 1 aliphatic heterocycles. The van der Waals surface area contributed by atoms with Gasteiger partial charge in [0.15, 0.2) is 5.11 Å². The average Bonchev–Trinajstić information content (AvgIpc) is 2.88. The number of rotatable bonds is 5. The highest BCUT2D eigenvalue weighted by atomic mass is 32.1. The highest BCUT2D eigenvalue weighted by Crippen LogP contribution is 2.26. The lowest BCUT2D eigenvalue weighted by Crippen LogP contribution is -2.43. The van der Waals surface area contributed by atoms with Gasteiger partial charge >= 0.3 is 0 Å². The molecule has 4 nitrogen and oxygen atoms in total. The van der Waals surface area contributed by atoms with Gasteiger partial charge < -0.3 is 19.9 Å². The van der Waals surface area contributed by atoms with Crippen molar-refractivity contribution in [1.29, 1.82) is 0 Å². The minimum Gasteiger partial charge on any atom is -0.492 e. The van der Waals surface area contributed by atoms with E-state index in [-0.39, 0.29) is 0 Å². The molecule has 0 saturated carbocycles. The van der Waals surface area contributed by atoms with Crippen LogP contribution in [0, 0.1) is 0 Å². The van der Waals surface area contributed by atoms with Gasteiger partial charge in [0.25, 0.3) is 0 Å². The third kappa shape index (κ3) is 4.32. The number of nitrogens with zero attached hydrogens (tertiary/aromatic N) is 2. The maximum atomic E-state index is 5.64. The summed E-state index contributed by atoms with van der Waals surface area (Å²) in [5.41, 5.74) is 0.944. The van der Waals surface area contributed by atoms with Crippen molar-refractivity contribution in [3.8, 4) is 5.75 Å². The van der Waals surface area contributed by atoms with Crippen LogP contribution in [0.4, 0.5) is 5.69 Å². The van der Waals surface area contributed by atoms with Crippen molar-refractivity contribution in [2.45, 2.75) is 25.8 Å². The Bertz CT molecular complexity index is 478. The van der Waals surface area contributed by atoms with E-state index in [9.17, 15) is 0 Å². The third-order valence-corrected chi connectivity index (χ3v) is 3.98. The van der Waals surface area contributed by atoms with Crippen LogP contribution in [0.5, 0.6) is 5.75 Å². The molecule has 1 heterocycles. The number of thiocarbonyl (C=S) groups is 1. The SMILES string of the molecule is CCOc1ccccc1NC(=S)N1CCCC1CN(C)C. The number of hydrogen-bond donors (Lipinski definition) is 1. The first-order chi connectivity index (χ1) is 10.1. The Morgan fingerprint density at radius 1 is 1.43 bits per heavy atom. The maximum absolute atomic E-state index is 5.64. The Hall–Kier alpha value is -1.33. The number of benzene rings is 1. The van der Waals surface area contributed by atoms with Crippen molar-refractivity contribution in [3.63, 3.8) is 0 Å². The summed E-state index contributed by atoms with van der Waals surface area (Å²) in [5, 5.41) is 4.15. The molecule has 1 aliphatic rings. The summed E-state index contributed by atoms with van der Waals surface area (Å²) in [7, 11) is 4.22. The van der Waals surface area contributed by atoms with Gasteiger partial charge in [-0.1, -0.05) is 12.1 Å². The second-order valence-electron chi connectivity index (χ2n) is 5.61.